The van der Waals surface area contributed by atoms with Gasteiger partial charge in [0.2, 0.25) is 11.8 Å². The number of nitrogens with zero attached hydrogens (tertiary/aromatic N) is 2. The van der Waals surface area contributed by atoms with Gasteiger partial charge in [-0.1, -0.05) is 42.0 Å². The topological polar surface area (TPSA) is 93.8 Å². The van der Waals surface area contributed by atoms with E-state index in [0.717, 1.165) is 5.56 Å². The fourth-order valence-corrected chi connectivity index (χ4v) is 2.51. The van der Waals surface area contributed by atoms with Gasteiger partial charge in [0.15, 0.2) is 0 Å². The minimum Gasteiger partial charge on any atom is -0.294 e. The summed E-state index contributed by atoms with van der Waals surface area (Å²) in [6.07, 6.45) is 1.80. The number of nitrogens with one attached hydrogen (secondary N) is 1. The Morgan fingerprint density at radius 1 is 1.10 bits per heavy atom. The Labute approximate surface area is 122 Å². The van der Waals surface area contributed by atoms with Gasteiger partial charge in [-0.3, -0.25) is 14.9 Å². The van der Waals surface area contributed by atoms with Crippen molar-refractivity contribution in [2.24, 2.45) is 17.8 Å². The van der Waals surface area contributed by atoms with E-state index in [-0.39, 0.29) is 0 Å². The largest absolute Gasteiger partial charge is 0.294 e. The molecule has 0 aromatic heterocycles. The highest BCUT2D eigenvalue weighted by Crippen LogP contribution is 2.33. The molecule has 1 aliphatic rings. The fraction of sp³-hybridized carbons (Fsp3) is 0.250. The second kappa shape index (κ2) is 6.02. The van der Waals surface area contributed by atoms with Crippen molar-refractivity contribution in [3.05, 3.63) is 41.5 Å². The van der Waals surface area contributed by atoms with E-state index in [1.807, 2.05) is 42.5 Å². The molecule has 0 radical (unpaired) electrons. The molecule has 2 rings (SSSR count). The second-order valence-electron chi connectivity index (χ2n) is 4.89. The van der Waals surface area contributed by atoms with Crippen molar-refractivity contribution in [3.8, 4) is 12.1 Å². The Hall–Kier alpha value is -2.92. The molecule has 0 saturated carbocycles. The van der Waals surface area contributed by atoms with Gasteiger partial charge in [0.05, 0.1) is 12.1 Å². The Morgan fingerprint density at radius 2 is 1.62 bits per heavy atom. The number of allylic oxidation sites excluding steroid dienone is 1. The van der Waals surface area contributed by atoms with E-state index in [2.05, 4.69) is 5.32 Å². The van der Waals surface area contributed by atoms with Crippen molar-refractivity contribution < 1.29 is 9.59 Å². The average Bonchev–Trinajstić information content (AvgIpc) is 2.47. The molecule has 5 nitrogen and oxygen atoms in total. The maximum Gasteiger partial charge on any atom is 0.244 e. The maximum atomic E-state index is 11.8. The van der Waals surface area contributed by atoms with E-state index < -0.39 is 29.6 Å². The molecule has 21 heavy (non-hydrogen) atoms. The summed E-state index contributed by atoms with van der Waals surface area (Å²) in [6.45, 7) is 1.73. The Balaban J connectivity index is 2.43. The highest BCUT2D eigenvalue weighted by atomic mass is 16.2. The van der Waals surface area contributed by atoms with E-state index in [9.17, 15) is 20.1 Å². The third-order valence-electron chi connectivity index (χ3n) is 3.53. The highest BCUT2D eigenvalue weighted by molar-refractivity contribution is 6.02. The molecule has 1 saturated heterocycles. The smallest absolute Gasteiger partial charge is 0.244 e. The molecule has 2 amide bonds. The van der Waals surface area contributed by atoms with Crippen LogP contribution in [0.3, 0.4) is 0 Å². The van der Waals surface area contributed by atoms with Crippen LogP contribution in [0.15, 0.2) is 35.9 Å². The first kappa shape index (κ1) is 14.5. The molecule has 1 fully saturated rings. The molecule has 104 valence electrons. The molecule has 2 atom stereocenters. The summed E-state index contributed by atoms with van der Waals surface area (Å²) in [7, 11) is 0. The van der Waals surface area contributed by atoms with Gasteiger partial charge in [0.25, 0.3) is 0 Å². The molecule has 1 aliphatic heterocycles. The van der Waals surface area contributed by atoms with Gasteiger partial charge < -0.3 is 0 Å². The number of benzene rings is 1. The van der Waals surface area contributed by atoms with E-state index in [1.165, 1.54) is 0 Å². The summed E-state index contributed by atoms with van der Waals surface area (Å²) in [5, 5.41) is 20.5. The van der Waals surface area contributed by atoms with Crippen LogP contribution in [0.2, 0.25) is 0 Å². The van der Waals surface area contributed by atoms with Crippen molar-refractivity contribution in [1.29, 1.82) is 10.5 Å². The lowest BCUT2D eigenvalue weighted by atomic mass is 9.74. The third kappa shape index (κ3) is 2.82. The fourth-order valence-electron chi connectivity index (χ4n) is 2.51. The Morgan fingerprint density at radius 3 is 2.10 bits per heavy atom. The van der Waals surface area contributed by atoms with E-state index in [1.54, 1.807) is 13.0 Å². The number of rotatable bonds is 2. The molecule has 1 N–H and O–H groups in total. The van der Waals surface area contributed by atoms with E-state index in [0.29, 0.717) is 5.57 Å². The van der Waals surface area contributed by atoms with Gasteiger partial charge in [-0.15, -0.1) is 0 Å². The monoisotopic (exact) mass is 279 g/mol. The molecule has 5 heteroatoms. The maximum absolute atomic E-state index is 11.8. The van der Waals surface area contributed by atoms with Crippen molar-refractivity contribution >= 4 is 17.9 Å². The lowest BCUT2D eigenvalue weighted by Gasteiger charge is -2.30. The number of hydrogen-bond acceptors (Lipinski definition) is 4. The zero-order valence-corrected chi connectivity index (χ0v) is 11.4. The van der Waals surface area contributed by atoms with Crippen LogP contribution in [0.1, 0.15) is 12.5 Å². The van der Waals surface area contributed by atoms with E-state index >= 15 is 0 Å². The minimum atomic E-state index is -1.03. The van der Waals surface area contributed by atoms with Crippen LogP contribution >= 0.6 is 0 Å². The number of carbonyl (C=O) groups is 2. The van der Waals surface area contributed by atoms with Crippen LogP contribution in [0.4, 0.5) is 0 Å². The first-order valence-corrected chi connectivity index (χ1v) is 6.45. The van der Waals surface area contributed by atoms with Crippen LogP contribution in [0.5, 0.6) is 0 Å². The predicted molar refractivity (Wildman–Crippen MR) is 74.9 cm³/mol. The van der Waals surface area contributed by atoms with Gasteiger partial charge >= 0.3 is 0 Å². The zero-order valence-electron chi connectivity index (χ0n) is 11.4. The van der Waals surface area contributed by atoms with Gasteiger partial charge in [-0.25, -0.2) is 0 Å². The van der Waals surface area contributed by atoms with Crippen LogP contribution in [0.25, 0.3) is 6.08 Å². The predicted octanol–water partition coefficient (Wildman–Crippen LogP) is 1.64. The van der Waals surface area contributed by atoms with Crippen molar-refractivity contribution in [2.75, 3.05) is 0 Å². The molecule has 2 unspecified atom stereocenters. The molecule has 1 heterocycles. The summed E-state index contributed by atoms with van der Waals surface area (Å²) < 4.78 is 0. The van der Waals surface area contributed by atoms with Crippen LogP contribution in [0, 0.1) is 40.4 Å². The van der Waals surface area contributed by atoms with Gasteiger partial charge in [-0.2, -0.15) is 10.5 Å². The standard InChI is InChI=1S/C16H13N3O2/c1-10(7-11-5-3-2-4-6-11)14-12(8-17)15(20)19-16(21)13(14)9-18/h2-7,12-14H,1H3,(H,19,20,21). The quantitative estimate of drug-likeness (QED) is 0.833. The van der Waals surface area contributed by atoms with Crippen LogP contribution in [-0.4, -0.2) is 11.8 Å². The van der Waals surface area contributed by atoms with Crippen molar-refractivity contribution in [1.82, 2.24) is 5.32 Å². The zero-order chi connectivity index (χ0) is 15.4. The Bertz CT molecular complexity index is 648. The number of amides is 2. The third-order valence-corrected chi connectivity index (χ3v) is 3.53. The Kier molecular flexibility index (Phi) is 4.15. The molecule has 1 aromatic rings. The first-order chi connectivity index (χ1) is 10.1. The number of imide groups is 1. The number of hydrogen-bond donors (Lipinski definition) is 1. The van der Waals surface area contributed by atoms with Gasteiger partial charge in [0, 0.05) is 5.92 Å². The molecule has 0 spiro atoms. The van der Waals surface area contributed by atoms with Gasteiger partial charge in [-0.05, 0) is 12.5 Å². The lowest BCUT2D eigenvalue weighted by molar-refractivity contribution is -0.138. The molecular formula is C16H13N3O2. The van der Waals surface area contributed by atoms with Crippen LogP contribution in [-0.2, 0) is 9.59 Å². The normalized spacial score (nSPS) is 25.7. The molecule has 0 aliphatic carbocycles. The summed E-state index contributed by atoms with van der Waals surface area (Å²) in [6, 6.07) is 13.1. The minimum absolute atomic E-state index is 0.639. The first-order valence-electron chi connectivity index (χ1n) is 6.45. The number of carbonyl (C=O) groups excluding carboxylic acids is 2. The molecule has 0 bridgehead atoms. The highest BCUT2D eigenvalue weighted by Gasteiger charge is 2.45. The average molecular weight is 279 g/mol. The van der Waals surface area contributed by atoms with Crippen molar-refractivity contribution in [2.45, 2.75) is 6.92 Å². The SMILES string of the molecule is CC(=Cc1ccccc1)C1C(C#N)C(=O)NC(=O)C1C#N. The van der Waals surface area contributed by atoms with Gasteiger partial charge in [0.1, 0.15) is 11.8 Å². The second-order valence-corrected chi connectivity index (χ2v) is 4.89. The van der Waals surface area contributed by atoms with Crippen molar-refractivity contribution in [3.63, 3.8) is 0 Å². The summed E-state index contributed by atoms with van der Waals surface area (Å²) in [4.78, 5) is 23.5. The number of piperidine rings is 1. The van der Waals surface area contributed by atoms with E-state index in [4.69, 9.17) is 0 Å². The summed E-state index contributed by atoms with van der Waals surface area (Å²) >= 11 is 0. The summed E-state index contributed by atoms with van der Waals surface area (Å²) in [5.74, 6) is -4.07. The number of nitriles is 2. The van der Waals surface area contributed by atoms with Crippen LogP contribution < -0.4 is 5.32 Å². The lowest BCUT2D eigenvalue weighted by Crippen LogP contribution is -2.51. The summed E-state index contributed by atoms with van der Waals surface area (Å²) in [5.41, 5.74) is 1.56. The molecule has 1 aromatic carbocycles. The molecular weight excluding hydrogens is 266 g/mol.